The van der Waals surface area contributed by atoms with E-state index in [-0.39, 0.29) is 0 Å². The highest BCUT2D eigenvalue weighted by Gasteiger charge is 2.18. The van der Waals surface area contributed by atoms with E-state index in [4.69, 9.17) is 4.52 Å². The van der Waals surface area contributed by atoms with Crippen molar-refractivity contribution in [1.82, 2.24) is 4.98 Å². The van der Waals surface area contributed by atoms with Gasteiger partial charge >= 0.3 is 8.03 Å². The zero-order valence-corrected chi connectivity index (χ0v) is 9.24. The lowest BCUT2D eigenvalue weighted by Gasteiger charge is -1.91. The molecule has 1 atom stereocenters. The Morgan fingerprint density at radius 2 is 2.36 bits per heavy atom. The van der Waals surface area contributed by atoms with Crippen LogP contribution in [0.15, 0.2) is 24.4 Å². The van der Waals surface area contributed by atoms with Crippen molar-refractivity contribution in [2.24, 2.45) is 0 Å². The summed E-state index contributed by atoms with van der Waals surface area (Å²) in [4.78, 5) is 4.08. The minimum atomic E-state index is -1.58. The first kappa shape index (κ1) is 11.3. The molecule has 0 aliphatic rings. The van der Waals surface area contributed by atoms with Crippen LogP contribution in [0.5, 0.6) is 0 Å². The van der Waals surface area contributed by atoms with Crippen molar-refractivity contribution >= 4 is 8.03 Å². The summed E-state index contributed by atoms with van der Waals surface area (Å²) in [5, 5.41) is 0. The molecule has 3 nitrogen and oxygen atoms in total. The lowest BCUT2D eigenvalue weighted by Crippen LogP contribution is -1.89. The second-order valence-corrected chi connectivity index (χ2v) is 4.24. The van der Waals surface area contributed by atoms with Crippen LogP contribution < -0.4 is 0 Å². The Morgan fingerprint density at radius 3 is 3.00 bits per heavy atom. The average molecular weight is 212 g/mol. The first-order chi connectivity index (χ1) is 6.83. The van der Waals surface area contributed by atoms with Crippen molar-refractivity contribution in [2.75, 3.05) is 6.61 Å². The lowest BCUT2D eigenvalue weighted by atomic mass is 10.4. The molecule has 0 saturated carbocycles. The fourth-order valence-electron chi connectivity index (χ4n) is 0.980. The molecule has 0 aliphatic carbocycles. The minimum absolute atomic E-state index is 0.417. The van der Waals surface area contributed by atoms with Crippen molar-refractivity contribution in [3.8, 4) is 0 Å². The van der Waals surface area contributed by atoms with Crippen LogP contribution in [0.4, 0.5) is 0 Å². The van der Waals surface area contributed by atoms with Gasteiger partial charge in [-0.1, -0.05) is 19.4 Å². The molecule has 0 radical (unpaired) electrons. The van der Waals surface area contributed by atoms with Crippen LogP contribution in [0.1, 0.15) is 25.5 Å². The van der Waals surface area contributed by atoms with Gasteiger partial charge in [0.1, 0.15) is 6.61 Å². The van der Waals surface area contributed by atoms with Gasteiger partial charge in [0.15, 0.2) is 0 Å². The third-order valence-corrected chi connectivity index (χ3v) is 2.80. The van der Waals surface area contributed by atoms with Crippen LogP contribution in [0.25, 0.3) is 0 Å². The summed E-state index contributed by atoms with van der Waals surface area (Å²) in [6.07, 6.45) is 4.14. The maximum Gasteiger partial charge on any atom is 0.514 e. The molecule has 0 N–H and O–H groups in total. The summed E-state index contributed by atoms with van der Waals surface area (Å²) in [5.41, 5.74) is 0.824. The van der Waals surface area contributed by atoms with E-state index in [0.29, 0.717) is 12.8 Å². The Balaban J connectivity index is 2.27. The Kier molecular flexibility index (Phi) is 5.35. The van der Waals surface area contributed by atoms with Crippen LogP contribution in [-0.4, -0.2) is 11.6 Å². The maximum absolute atomic E-state index is 11.4. The highest BCUT2D eigenvalue weighted by molar-refractivity contribution is 7.38. The molecule has 0 amide bonds. The highest BCUT2D eigenvalue weighted by atomic mass is 31.1. The van der Waals surface area contributed by atoms with Crippen LogP contribution in [0.2, 0.25) is 0 Å². The van der Waals surface area contributed by atoms with Crippen LogP contribution >= 0.6 is 8.03 Å². The molecule has 1 aromatic heterocycles. The third kappa shape index (κ3) is 4.45. The smallest absolute Gasteiger partial charge is 0.257 e. The summed E-state index contributed by atoms with van der Waals surface area (Å²) in [6, 6.07) is 5.59. The topological polar surface area (TPSA) is 39.2 Å². The monoisotopic (exact) mass is 212 g/mol. The molecule has 0 aliphatic heterocycles. The van der Waals surface area contributed by atoms with Gasteiger partial charge in [-0.05, 0) is 23.1 Å². The number of hydrogen-bond donors (Lipinski definition) is 0. The summed E-state index contributed by atoms with van der Waals surface area (Å²) >= 11 is 0. The van der Waals surface area contributed by atoms with E-state index in [9.17, 15) is 4.57 Å². The number of aromatic nitrogens is 1. The van der Waals surface area contributed by atoms with Crippen molar-refractivity contribution in [2.45, 2.75) is 25.9 Å². The summed E-state index contributed by atoms with van der Waals surface area (Å²) in [5.74, 6) is 0. The summed E-state index contributed by atoms with van der Waals surface area (Å²) < 4.78 is 16.5. The second-order valence-electron chi connectivity index (χ2n) is 3.00. The van der Waals surface area contributed by atoms with Crippen LogP contribution in [-0.2, 0) is 15.3 Å². The summed E-state index contributed by atoms with van der Waals surface area (Å²) in [7, 11) is -1.58. The fourth-order valence-corrected chi connectivity index (χ4v) is 1.86. The average Bonchev–Trinajstić information content (AvgIpc) is 2.20. The number of pyridine rings is 1. The number of rotatable bonds is 6. The second kappa shape index (κ2) is 6.63. The Bertz CT molecular complexity index is 277. The molecule has 1 heterocycles. The van der Waals surface area contributed by atoms with Crippen molar-refractivity contribution in [1.29, 1.82) is 0 Å². The zero-order valence-electron chi connectivity index (χ0n) is 8.35. The van der Waals surface area contributed by atoms with Gasteiger partial charge in [-0.15, -0.1) is 4.52 Å². The Hall–Kier alpha value is -0.790. The Labute approximate surface area is 85.4 Å². The maximum atomic E-state index is 11.4. The van der Waals surface area contributed by atoms with Crippen LogP contribution in [0, 0.1) is 0 Å². The lowest BCUT2D eigenvalue weighted by molar-refractivity contribution is 0.320. The molecule has 1 rings (SSSR count). The van der Waals surface area contributed by atoms with E-state index in [1.807, 2.05) is 18.2 Å². The Morgan fingerprint density at radius 1 is 1.50 bits per heavy atom. The van der Waals surface area contributed by atoms with E-state index < -0.39 is 8.03 Å². The van der Waals surface area contributed by atoms with E-state index in [1.54, 1.807) is 6.20 Å². The number of nitrogens with zero attached hydrogens (tertiary/aromatic N) is 1. The number of hydrogen-bond acceptors (Lipinski definition) is 3. The molecule has 0 bridgehead atoms. The molecule has 0 spiro atoms. The standard InChI is InChI=1S/C10H15NO2P/c1-2-3-8-13-14(12)9-10-6-4-5-7-11-10/h4-7H,2-3,8-9H2,1H3/q+1. The zero-order chi connectivity index (χ0) is 10.2. The van der Waals surface area contributed by atoms with Crippen molar-refractivity contribution < 1.29 is 9.09 Å². The van der Waals surface area contributed by atoms with Gasteiger partial charge < -0.3 is 0 Å². The predicted octanol–water partition coefficient (Wildman–Crippen LogP) is 3.14. The van der Waals surface area contributed by atoms with Gasteiger partial charge in [0.2, 0.25) is 6.16 Å². The first-order valence-electron chi connectivity index (χ1n) is 4.80. The highest BCUT2D eigenvalue weighted by Crippen LogP contribution is 2.27. The first-order valence-corrected chi connectivity index (χ1v) is 6.16. The van der Waals surface area contributed by atoms with Crippen molar-refractivity contribution in [3.05, 3.63) is 30.1 Å². The summed E-state index contributed by atoms with van der Waals surface area (Å²) in [6.45, 7) is 2.66. The fraction of sp³-hybridized carbons (Fsp3) is 0.500. The molecule has 76 valence electrons. The number of unbranched alkanes of at least 4 members (excludes halogenated alkanes) is 1. The van der Waals surface area contributed by atoms with Gasteiger partial charge in [0.05, 0.1) is 5.69 Å². The molecule has 0 fully saturated rings. The predicted molar refractivity (Wildman–Crippen MR) is 56.4 cm³/mol. The van der Waals surface area contributed by atoms with Gasteiger partial charge in [-0.3, -0.25) is 4.98 Å². The largest absolute Gasteiger partial charge is 0.514 e. The van der Waals surface area contributed by atoms with Gasteiger partial charge in [-0.2, -0.15) is 0 Å². The molecule has 1 unspecified atom stereocenters. The normalized spacial score (nSPS) is 11.4. The molecular weight excluding hydrogens is 197 g/mol. The van der Waals surface area contributed by atoms with E-state index >= 15 is 0 Å². The minimum Gasteiger partial charge on any atom is -0.257 e. The van der Waals surface area contributed by atoms with E-state index in [1.165, 1.54) is 0 Å². The third-order valence-electron chi connectivity index (χ3n) is 1.75. The molecule has 1 aromatic rings. The molecule has 4 heteroatoms. The van der Waals surface area contributed by atoms with Gasteiger partial charge in [0.25, 0.3) is 0 Å². The molecular formula is C10H15NO2P+. The van der Waals surface area contributed by atoms with E-state index in [0.717, 1.165) is 18.5 Å². The van der Waals surface area contributed by atoms with Gasteiger partial charge in [0, 0.05) is 6.20 Å². The SMILES string of the molecule is CCCCO[P+](=O)Cc1ccccn1. The molecule has 0 saturated heterocycles. The quantitative estimate of drug-likeness (QED) is 0.537. The molecule has 14 heavy (non-hydrogen) atoms. The van der Waals surface area contributed by atoms with Crippen LogP contribution in [0.3, 0.4) is 0 Å². The van der Waals surface area contributed by atoms with E-state index in [2.05, 4.69) is 11.9 Å². The van der Waals surface area contributed by atoms with Gasteiger partial charge in [-0.25, -0.2) is 0 Å². The molecule has 0 aromatic carbocycles. The van der Waals surface area contributed by atoms with Crippen molar-refractivity contribution in [3.63, 3.8) is 0 Å².